The van der Waals surface area contributed by atoms with Crippen LogP contribution in [-0.4, -0.2) is 45.4 Å². The number of ether oxygens (including phenoxy) is 1. The third-order valence-electron chi connectivity index (χ3n) is 4.06. The smallest absolute Gasteiger partial charge is 0.371 e. The summed E-state index contributed by atoms with van der Waals surface area (Å²) >= 11 is 0. The van der Waals surface area contributed by atoms with E-state index in [0.29, 0.717) is 30.8 Å². The van der Waals surface area contributed by atoms with Gasteiger partial charge in [0, 0.05) is 13.5 Å². The van der Waals surface area contributed by atoms with Crippen molar-refractivity contribution in [3.63, 3.8) is 0 Å². The summed E-state index contributed by atoms with van der Waals surface area (Å²) in [6.07, 6.45) is 6.88. The molecule has 1 fully saturated rings. The van der Waals surface area contributed by atoms with E-state index in [1.165, 1.54) is 6.33 Å². The Kier molecular flexibility index (Phi) is 17.3. The molecule has 1 saturated heterocycles. The fourth-order valence-electron chi connectivity index (χ4n) is 2.84. The van der Waals surface area contributed by atoms with Crippen LogP contribution >= 0.6 is 9.03 Å². The molecule has 3 rings (SSSR count). The van der Waals surface area contributed by atoms with Crippen LogP contribution in [0.1, 0.15) is 59.1 Å². The summed E-state index contributed by atoms with van der Waals surface area (Å²) in [5.74, 6) is 0.689. The molecule has 182 valence electrons. The molecule has 1 aliphatic rings. The molecule has 0 radical (unpaired) electrons. The molecule has 2 aromatic heterocycles. The summed E-state index contributed by atoms with van der Waals surface area (Å²) < 4.78 is 19.2. The summed E-state index contributed by atoms with van der Waals surface area (Å²) in [6.45, 7) is 13.5. The van der Waals surface area contributed by atoms with E-state index in [-0.39, 0.29) is 44.0 Å². The second-order valence-electron chi connectivity index (χ2n) is 6.57. The van der Waals surface area contributed by atoms with Crippen LogP contribution in [0.25, 0.3) is 11.2 Å². The molecule has 32 heavy (non-hydrogen) atoms. The molecular formula is C21H35N6NiO3P. The molecule has 0 amide bonds. The van der Waals surface area contributed by atoms with Crippen LogP contribution in [0.3, 0.4) is 0 Å². The molecular weight excluding hydrogens is 474 g/mol. The number of rotatable bonds is 8. The largest absolute Gasteiger partial charge is 2.00 e. The molecule has 1 aliphatic heterocycles. The monoisotopic (exact) mass is 508 g/mol. The molecule has 0 spiro atoms. The molecule has 0 aromatic carbocycles. The Morgan fingerprint density at radius 2 is 1.97 bits per heavy atom. The Labute approximate surface area is 203 Å². The number of hydrogen-bond donors (Lipinski definition) is 1. The summed E-state index contributed by atoms with van der Waals surface area (Å²) in [6, 6.07) is 2.04. The number of nitriles is 1. The summed E-state index contributed by atoms with van der Waals surface area (Å²) in [5, 5.41) is 11.5. The van der Waals surface area contributed by atoms with Crippen LogP contribution in [0.15, 0.2) is 12.7 Å². The van der Waals surface area contributed by atoms with Crippen molar-refractivity contribution in [1.29, 1.82) is 5.26 Å². The maximum absolute atomic E-state index is 8.51. The minimum Gasteiger partial charge on any atom is -0.371 e. The van der Waals surface area contributed by atoms with Gasteiger partial charge in [-0.25, -0.2) is 15.0 Å². The van der Waals surface area contributed by atoms with E-state index in [2.05, 4.69) is 41.0 Å². The number of nitrogens with zero attached hydrogens (tertiary/aromatic N) is 5. The molecule has 4 atom stereocenters. The van der Waals surface area contributed by atoms with Crippen molar-refractivity contribution in [2.24, 2.45) is 0 Å². The van der Waals surface area contributed by atoms with Gasteiger partial charge in [-0.1, -0.05) is 20.8 Å². The van der Waals surface area contributed by atoms with E-state index in [0.717, 1.165) is 24.9 Å². The molecule has 11 heteroatoms. The predicted octanol–water partition coefficient (Wildman–Crippen LogP) is 4.85. The average Bonchev–Trinajstić information content (AvgIpc) is 3.38. The van der Waals surface area contributed by atoms with Crippen LogP contribution < -0.4 is 5.32 Å². The molecule has 0 bridgehead atoms. The predicted molar refractivity (Wildman–Crippen MR) is 124 cm³/mol. The van der Waals surface area contributed by atoms with Gasteiger partial charge in [0.25, 0.3) is 0 Å². The minimum absolute atomic E-state index is 0. The molecule has 9 nitrogen and oxygen atoms in total. The first-order valence-corrected chi connectivity index (χ1v) is 11.4. The van der Waals surface area contributed by atoms with Crippen molar-refractivity contribution >= 4 is 26.0 Å². The second-order valence-corrected chi connectivity index (χ2v) is 7.26. The second kappa shape index (κ2) is 18.1. The molecule has 2 aromatic rings. The SMILES string of the molecule is CC[C@H]1O[C@@H](n2cnc3c(NC)ncnc32)C[C@H]1OPOCCC#N.[CH2-]CC.[CH2-]CC.[Ni+2]. The van der Waals surface area contributed by atoms with Crippen molar-refractivity contribution in [2.75, 3.05) is 19.0 Å². The molecule has 0 saturated carbocycles. The molecule has 1 N–H and O–H groups in total. The normalized spacial score (nSPS) is 19.5. The van der Waals surface area contributed by atoms with Crippen LogP contribution in [0, 0.1) is 25.2 Å². The van der Waals surface area contributed by atoms with Crippen molar-refractivity contribution in [3.05, 3.63) is 26.5 Å². The van der Waals surface area contributed by atoms with Gasteiger partial charge in [0.15, 0.2) is 20.5 Å². The minimum atomic E-state index is -0.191. The topological polar surface area (TPSA) is 107 Å². The number of hydrogen-bond acceptors (Lipinski definition) is 8. The first kappa shape index (κ1) is 30.6. The van der Waals surface area contributed by atoms with E-state index in [4.69, 9.17) is 19.0 Å². The summed E-state index contributed by atoms with van der Waals surface area (Å²) in [4.78, 5) is 12.9. The van der Waals surface area contributed by atoms with Crippen molar-refractivity contribution in [1.82, 2.24) is 19.5 Å². The van der Waals surface area contributed by atoms with Gasteiger partial charge in [-0.15, -0.1) is 0 Å². The van der Waals surface area contributed by atoms with E-state index in [1.807, 2.05) is 24.5 Å². The van der Waals surface area contributed by atoms with E-state index in [9.17, 15) is 0 Å². The van der Waals surface area contributed by atoms with Gasteiger partial charge < -0.3 is 32.9 Å². The summed E-state index contributed by atoms with van der Waals surface area (Å²) in [5.41, 5.74) is 1.44. The quantitative estimate of drug-likeness (QED) is 0.233. The number of nitrogens with one attached hydrogen (secondary N) is 1. The standard InChI is InChI=1S/C15H21N6O3P.2C3H7.Ni/c1-3-10-11(24-25-22-6-4-5-16)7-12(23-10)21-9-20-13-14(17-2)18-8-19-15(13)21;2*1-3-2;/h8-12,25H,3-4,6-7H2,1-2H3,(H,17,18,19);2*1,3H2,2H3;/q;2*-1;+2/t10-,11-,12-;;;/m1.../s1. The number of aromatic nitrogens is 4. The van der Waals surface area contributed by atoms with Gasteiger partial charge in [0.1, 0.15) is 18.1 Å². The first-order valence-electron chi connectivity index (χ1n) is 10.6. The molecule has 1 unspecified atom stereocenters. The van der Waals surface area contributed by atoms with E-state index < -0.39 is 0 Å². The fraction of sp³-hybridized carbons (Fsp3) is 0.619. The van der Waals surface area contributed by atoms with Crippen LogP contribution in [-0.2, 0) is 30.3 Å². The van der Waals surface area contributed by atoms with E-state index in [1.54, 1.807) is 13.4 Å². The number of imidazole rings is 1. The summed E-state index contributed by atoms with van der Waals surface area (Å²) in [7, 11) is 1.71. The third kappa shape index (κ3) is 9.25. The Balaban J connectivity index is 0.00000124. The Morgan fingerprint density at radius 1 is 1.28 bits per heavy atom. The Morgan fingerprint density at radius 3 is 2.56 bits per heavy atom. The Bertz CT molecular complexity index is 786. The number of fused-ring (bicyclic) bond motifs is 1. The van der Waals surface area contributed by atoms with Gasteiger partial charge in [-0.3, -0.25) is 4.57 Å². The molecule has 0 aliphatic carbocycles. The third-order valence-corrected chi connectivity index (χ3v) is 4.78. The first-order chi connectivity index (χ1) is 15.1. The Hall–Kier alpha value is -1.36. The maximum Gasteiger partial charge on any atom is 2.00 e. The van der Waals surface area contributed by atoms with Gasteiger partial charge in [0.05, 0.1) is 37.6 Å². The molecule has 3 heterocycles. The van der Waals surface area contributed by atoms with Gasteiger partial charge >= 0.3 is 16.5 Å². The van der Waals surface area contributed by atoms with E-state index >= 15 is 0 Å². The van der Waals surface area contributed by atoms with Crippen LogP contribution in [0.2, 0.25) is 0 Å². The van der Waals surface area contributed by atoms with Gasteiger partial charge in [0.2, 0.25) is 0 Å². The maximum atomic E-state index is 8.51. The zero-order valence-electron chi connectivity index (χ0n) is 19.3. The van der Waals surface area contributed by atoms with Crippen LogP contribution in [0.4, 0.5) is 5.82 Å². The average molecular weight is 509 g/mol. The van der Waals surface area contributed by atoms with Gasteiger partial charge in [-0.05, 0) is 6.42 Å². The van der Waals surface area contributed by atoms with Crippen molar-refractivity contribution in [2.45, 2.75) is 71.3 Å². The fourth-order valence-corrected chi connectivity index (χ4v) is 3.46. The van der Waals surface area contributed by atoms with Crippen LogP contribution in [0.5, 0.6) is 0 Å². The zero-order chi connectivity index (χ0) is 23.1. The van der Waals surface area contributed by atoms with Crippen molar-refractivity contribution < 1.29 is 30.3 Å². The zero-order valence-corrected chi connectivity index (χ0v) is 21.3. The van der Waals surface area contributed by atoms with Crippen molar-refractivity contribution in [3.8, 4) is 6.07 Å². The van der Waals surface area contributed by atoms with Gasteiger partial charge in [-0.2, -0.15) is 18.1 Å². The number of anilines is 1.